The van der Waals surface area contributed by atoms with E-state index in [1.165, 1.54) is 12.1 Å². The molecule has 0 radical (unpaired) electrons. The topological polar surface area (TPSA) is 70.8 Å². The molecule has 1 aromatic rings. The van der Waals surface area contributed by atoms with E-state index in [-0.39, 0.29) is 11.4 Å². The van der Waals surface area contributed by atoms with E-state index in [9.17, 15) is 13.6 Å². The molecular formula is C17H24F2N4O2. The number of anilines is 3. The highest BCUT2D eigenvalue weighted by atomic mass is 19.3. The molecule has 1 aliphatic rings. The SMILES string of the molecule is C=CC(=O)Nc1cc(N)c(OC(F)F)cc1N1CCC(N(C)C)CC1. The lowest BCUT2D eigenvalue weighted by atomic mass is 10.0. The Morgan fingerprint density at radius 3 is 2.60 bits per heavy atom. The summed E-state index contributed by atoms with van der Waals surface area (Å²) in [5, 5.41) is 2.68. The summed E-state index contributed by atoms with van der Waals surface area (Å²) in [6.45, 7) is 1.92. The van der Waals surface area contributed by atoms with E-state index in [0.29, 0.717) is 17.4 Å². The maximum atomic E-state index is 12.6. The Bertz CT molecular complexity index is 629. The first kappa shape index (κ1) is 19.0. The Balaban J connectivity index is 2.31. The molecule has 138 valence electrons. The molecule has 6 nitrogen and oxygen atoms in total. The lowest BCUT2D eigenvalue weighted by Gasteiger charge is -2.37. The Morgan fingerprint density at radius 2 is 2.08 bits per heavy atom. The van der Waals surface area contributed by atoms with E-state index in [0.717, 1.165) is 32.0 Å². The fourth-order valence-corrected chi connectivity index (χ4v) is 2.95. The number of benzene rings is 1. The number of carbonyl (C=O) groups is 1. The quantitative estimate of drug-likeness (QED) is 0.607. The molecule has 1 aliphatic heterocycles. The molecule has 1 aromatic carbocycles. The number of rotatable bonds is 6. The number of carbonyl (C=O) groups excluding carboxylic acids is 1. The van der Waals surface area contributed by atoms with Crippen molar-refractivity contribution in [1.29, 1.82) is 0 Å². The van der Waals surface area contributed by atoms with Crippen LogP contribution in [0.1, 0.15) is 12.8 Å². The molecule has 25 heavy (non-hydrogen) atoms. The van der Waals surface area contributed by atoms with Crippen LogP contribution < -0.4 is 20.7 Å². The molecule has 1 amide bonds. The van der Waals surface area contributed by atoms with Gasteiger partial charge in [0.1, 0.15) is 0 Å². The number of nitrogens with zero attached hydrogens (tertiary/aromatic N) is 2. The number of amides is 1. The third-order valence-corrected chi connectivity index (χ3v) is 4.32. The summed E-state index contributed by atoms with van der Waals surface area (Å²) in [5.41, 5.74) is 6.88. The van der Waals surface area contributed by atoms with Gasteiger partial charge < -0.3 is 25.6 Å². The second kappa shape index (κ2) is 8.15. The van der Waals surface area contributed by atoms with Gasteiger partial charge in [0.2, 0.25) is 5.91 Å². The highest BCUT2D eigenvalue weighted by molar-refractivity contribution is 6.02. The second-order valence-electron chi connectivity index (χ2n) is 6.16. The van der Waals surface area contributed by atoms with Gasteiger partial charge >= 0.3 is 6.61 Å². The standard InChI is InChI=1S/C17H24F2N4O2/c1-4-16(24)21-13-9-12(20)15(25-17(18)19)10-14(13)23-7-5-11(6-8-23)22(2)3/h4,9-11,17H,1,5-8,20H2,2-3H3,(H,21,24). The smallest absolute Gasteiger partial charge is 0.387 e. The zero-order valence-corrected chi connectivity index (χ0v) is 14.5. The average molecular weight is 354 g/mol. The van der Waals surface area contributed by atoms with Crippen molar-refractivity contribution < 1.29 is 18.3 Å². The van der Waals surface area contributed by atoms with Gasteiger partial charge in [-0.1, -0.05) is 6.58 Å². The van der Waals surface area contributed by atoms with Crippen molar-refractivity contribution in [2.45, 2.75) is 25.5 Å². The molecule has 3 N–H and O–H groups in total. The first-order valence-corrected chi connectivity index (χ1v) is 8.05. The molecule has 2 rings (SSSR count). The summed E-state index contributed by atoms with van der Waals surface area (Å²) < 4.78 is 29.7. The van der Waals surface area contributed by atoms with Crippen LogP contribution in [-0.2, 0) is 4.79 Å². The lowest BCUT2D eigenvalue weighted by molar-refractivity contribution is -0.111. The first-order valence-electron chi connectivity index (χ1n) is 8.05. The largest absolute Gasteiger partial charge is 0.433 e. The Morgan fingerprint density at radius 1 is 1.44 bits per heavy atom. The number of alkyl halides is 2. The fraction of sp³-hybridized carbons (Fsp3) is 0.471. The number of nitrogens with one attached hydrogen (secondary N) is 1. The van der Waals surface area contributed by atoms with Gasteiger partial charge in [-0.3, -0.25) is 4.79 Å². The van der Waals surface area contributed by atoms with Gasteiger partial charge in [-0.25, -0.2) is 0 Å². The van der Waals surface area contributed by atoms with Gasteiger partial charge in [-0.15, -0.1) is 0 Å². The third-order valence-electron chi connectivity index (χ3n) is 4.32. The Labute approximate surface area is 146 Å². The van der Waals surface area contributed by atoms with E-state index < -0.39 is 12.5 Å². The minimum absolute atomic E-state index is 0.0339. The Hall–Kier alpha value is -2.35. The summed E-state index contributed by atoms with van der Waals surface area (Å²) in [6, 6.07) is 3.36. The van der Waals surface area contributed by atoms with Crippen molar-refractivity contribution in [3.05, 3.63) is 24.8 Å². The average Bonchev–Trinajstić information content (AvgIpc) is 2.56. The number of nitrogens with two attached hydrogens (primary N) is 1. The van der Waals surface area contributed by atoms with E-state index in [4.69, 9.17) is 5.73 Å². The molecule has 0 spiro atoms. The van der Waals surface area contributed by atoms with Gasteiger partial charge in [0.25, 0.3) is 0 Å². The molecule has 0 aromatic heterocycles. The lowest BCUT2D eigenvalue weighted by Crippen LogP contribution is -2.42. The molecule has 1 heterocycles. The maximum Gasteiger partial charge on any atom is 0.387 e. The first-order chi connectivity index (χ1) is 11.8. The van der Waals surface area contributed by atoms with Gasteiger partial charge in [-0.05, 0) is 39.1 Å². The van der Waals surface area contributed by atoms with Crippen LogP contribution in [0.5, 0.6) is 5.75 Å². The fourth-order valence-electron chi connectivity index (χ4n) is 2.95. The molecule has 0 atom stereocenters. The zero-order chi connectivity index (χ0) is 18.6. The molecular weight excluding hydrogens is 330 g/mol. The summed E-state index contributed by atoms with van der Waals surface area (Å²) in [7, 11) is 4.07. The molecule has 8 heteroatoms. The maximum absolute atomic E-state index is 12.6. The van der Waals surface area contributed by atoms with E-state index >= 15 is 0 Å². The normalized spacial score (nSPS) is 15.5. The van der Waals surface area contributed by atoms with Crippen molar-refractivity contribution in [3.63, 3.8) is 0 Å². The van der Waals surface area contributed by atoms with Gasteiger partial charge in [0.15, 0.2) is 5.75 Å². The number of halogens is 2. The monoisotopic (exact) mass is 354 g/mol. The van der Waals surface area contributed by atoms with Crippen molar-refractivity contribution in [1.82, 2.24) is 4.90 Å². The summed E-state index contributed by atoms with van der Waals surface area (Å²) >= 11 is 0. The number of hydrogen-bond donors (Lipinski definition) is 2. The number of nitrogen functional groups attached to an aromatic ring is 1. The Kier molecular flexibility index (Phi) is 6.19. The summed E-state index contributed by atoms with van der Waals surface area (Å²) in [4.78, 5) is 15.9. The number of piperidine rings is 1. The molecule has 1 fully saturated rings. The van der Waals surface area contributed by atoms with Gasteiger partial charge in [0, 0.05) is 25.2 Å². The van der Waals surface area contributed by atoms with Crippen LogP contribution >= 0.6 is 0 Å². The zero-order valence-electron chi connectivity index (χ0n) is 14.5. The highest BCUT2D eigenvalue weighted by Crippen LogP contribution is 2.37. The van der Waals surface area contributed by atoms with Crippen LogP contribution in [0.2, 0.25) is 0 Å². The molecule has 0 unspecified atom stereocenters. The van der Waals surface area contributed by atoms with Gasteiger partial charge in [0.05, 0.1) is 17.1 Å². The highest BCUT2D eigenvalue weighted by Gasteiger charge is 2.24. The van der Waals surface area contributed by atoms with E-state index in [1.54, 1.807) is 0 Å². The van der Waals surface area contributed by atoms with Crippen LogP contribution in [-0.4, -0.2) is 50.6 Å². The second-order valence-corrected chi connectivity index (χ2v) is 6.16. The molecule has 1 saturated heterocycles. The molecule has 0 aliphatic carbocycles. The van der Waals surface area contributed by atoms with Crippen LogP contribution in [0.25, 0.3) is 0 Å². The number of ether oxygens (including phenoxy) is 1. The van der Waals surface area contributed by atoms with E-state index in [1.807, 2.05) is 19.0 Å². The summed E-state index contributed by atoms with van der Waals surface area (Å²) in [6.07, 6.45) is 3.00. The predicted octanol–water partition coefficient (Wildman–Crippen LogP) is 2.53. The van der Waals surface area contributed by atoms with Crippen molar-refractivity contribution in [2.75, 3.05) is 43.1 Å². The third kappa shape index (κ3) is 4.82. The van der Waals surface area contributed by atoms with Gasteiger partial charge in [-0.2, -0.15) is 8.78 Å². The van der Waals surface area contributed by atoms with Crippen LogP contribution in [0.4, 0.5) is 25.8 Å². The van der Waals surface area contributed by atoms with Crippen LogP contribution in [0, 0.1) is 0 Å². The van der Waals surface area contributed by atoms with Crippen molar-refractivity contribution >= 4 is 23.0 Å². The number of hydrogen-bond acceptors (Lipinski definition) is 5. The molecule has 0 bridgehead atoms. The van der Waals surface area contributed by atoms with E-state index in [2.05, 4.69) is 21.5 Å². The van der Waals surface area contributed by atoms with Crippen molar-refractivity contribution in [3.8, 4) is 5.75 Å². The van der Waals surface area contributed by atoms with Crippen LogP contribution in [0.15, 0.2) is 24.8 Å². The summed E-state index contributed by atoms with van der Waals surface area (Å²) in [5.74, 6) is -0.498. The van der Waals surface area contributed by atoms with Crippen LogP contribution in [0.3, 0.4) is 0 Å². The predicted molar refractivity (Wildman–Crippen MR) is 95.2 cm³/mol. The van der Waals surface area contributed by atoms with Crippen molar-refractivity contribution in [2.24, 2.45) is 0 Å². The molecule has 0 saturated carbocycles. The minimum Gasteiger partial charge on any atom is -0.433 e. The minimum atomic E-state index is -2.97.